The molecule has 0 bridgehead atoms. The molecule has 1 aromatic carbocycles. The Morgan fingerprint density at radius 1 is 1.15 bits per heavy atom. The van der Waals surface area contributed by atoms with E-state index in [1.165, 1.54) is 16.7 Å². The van der Waals surface area contributed by atoms with E-state index < -0.39 is 0 Å². The van der Waals surface area contributed by atoms with Crippen LogP contribution in [0.5, 0.6) is 0 Å². The van der Waals surface area contributed by atoms with Crippen LogP contribution in [0.15, 0.2) is 29.8 Å². The van der Waals surface area contributed by atoms with Crippen molar-refractivity contribution in [1.82, 2.24) is 10.2 Å². The van der Waals surface area contributed by atoms with Crippen molar-refractivity contribution in [3.63, 3.8) is 0 Å². The number of nitrogens with zero attached hydrogens (tertiary/aromatic N) is 1. The highest BCUT2D eigenvalue weighted by Gasteiger charge is 2.18. The molecule has 2 aliphatic rings. The molecule has 3 rings (SSSR count). The van der Waals surface area contributed by atoms with Gasteiger partial charge in [0, 0.05) is 37.7 Å². The van der Waals surface area contributed by atoms with E-state index in [0.29, 0.717) is 0 Å². The molecule has 1 saturated heterocycles. The highest BCUT2D eigenvalue weighted by atomic mass is 35.5. The lowest BCUT2D eigenvalue weighted by molar-refractivity contribution is 0.143. The first-order valence-electron chi connectivity index (χ1n) is 7.30. The predicted molar refractivity (Wildman–Crippen MR) is 83.1 cm³/mol. The number of ether oxygens (including phenoxy) is 1. The van der Waals surface area contributed by atoms with Crippen molar-refractivity contribution in [2.75, 3.05) is 45.9 Å². The monoisotopic (exact) mass is 292 g/mol. The molecule has 2 heterocycles. The first kappa shape index (κ1) is 14.1. The van der Waals surface area contributed by atoms with Crippen molar-refractivity contribution in [3.05, 3.63) is 40.4 Å². The van der Waals surface area contributed by atoms with Gasteiger partial charge in [0.15, 0.2) is 0 Å². The van der Waals surface area contributed by atoms with Crippen LogP contribution in [0.1, 0.15) is 12.0 Å². The number of hydrogen-bond acceptors (Lipinski definition) is 3. The number of rotatable bonds is 3. The Labute approximate surface area is 125 Å². The molecular weight excluding hydrogens is 272 g/mol. The number of benzene rings is 1. The van der Waals surface area contributed by atoms with Crippen molar-refractivity contribution < 1.29 is 4.74 Å². The quantitative estimate of drug-likeness (QED) is 0.926. The zero-order valence-electron chi connectivity index (χ0n) is 11.7. The molecule has 0 atom stereocenters. The average molecular weight is 293 g/mol. The van der Waals surface area contributed by atoms with Gasteiger partial charge in [0.05, 0.1) is 13.2 Å². The fourth-order valence-electron chi connectivity index (χ4n) is 2.91. The van der Waals surface area contributed by atoms with Crippen LogP contribution < -0.4 is 5.32 Å². The summed E-state index contributed by atoms with van der Waals surface area (Å²) in [6.07, 6.45) is 1.00. The van der Waals surface area contributed by atoms with Crippen molar-refractivity contribution in [3.8, 4) is 0 Å². The minimum atomic E-state index is 0.766. The molecule has 3 nitrogen and oxygen atoms in total. The summed E-state index contributed by atoms with van der Waals surface area (Å²) in [7, 11) is 0. The second-order valence-corrected chi connectivity index (χ2v) is 5.85. The molecule has 1 fully saturated rings. The molecule has 1 N–H and O–H groups in total. The molecule has 4 heteroatoms. The van der Waals surface area contributed by atoms with E-state index in [2.05, 4.69) is 22.3 Å². The van der Waals surface area contributed by atoms with Gasteiger partial charge in [-0.25, -0.2) is 0 Å². The van der Waals surface area contributed by atoms with Gasteiger partial charge in [-0.05, 0) is 35.3 Å². The van der Waals surface area contributed by atoms with E-state index in [-0.39, 0.29) is 0 Å². The minimum absolute atomic E-state index is 0.766. The van der Waals surface area contributed by atoms with Gasteiger partial charge < -0.3 is 10.1 Å². The van der Waals surface area contributed by atoms with E-state index in [4.69, 9.17) is 16.3 Å². The SMILES string of the molecule is Clc1ccc(C2=C(CN3CCNCC3)COCC2)cc1. The molecule has 0 saturated carbocycles. The number of nitrogens with one attached hydrogen (secondary N) is 1. The Morgan fingerprint density at radius 3 is 2.65 bits per heavy atom. The van der Waals surface area contributed by atoms with Crippen molar-refractivity contribution in [2.24, 2.45) is 0 Å². The van der Waals surface area contributed by atoms with Gasteiger partial charge >= 0.3 is 0 Å². The molecule has 2 aliphatic heterocycles. The summed E-state index contributed by atoms with van der Waals surface area (Å²) in [6.45, 7) is 7.04. The van der Waals surface area contributed by atoms with Crippen molar-refractivity contribution in [1.29, 1.82) is 0 Å². The zero-order valence-corrected chi connectivity index (χ0v) is 12.5. The minimum Gasteiger partial charge on any atom is -0.377 e. The van der Waals surface area contributed by atoms with Gasteiger partial charge in [0.1, 0.15) is 0 Å². The number of piperazine rings is 1. The summed E-state index contributed by atoms with van der Waals surface area (Å²) >= 11 is 5.99. The van der Waals surface area contributed by atoms with Crippen LogP contribution in [0.2, 0.25) is 5.02 Å². The lowest BCUT2D eigenvalue weighted by Crippen LogP contribution is -2.44. The Kier molecular flexibility index (Phi) is 4.73. The van der Waals surface area contributed by atoms with Gasteiger partial charge in [0.2, 0.25) is 0 Å². The Bertz CT molecular complexity index is 478. The maximum Gasteiger partial charge on any atom is 0.0695 e. The second kappa shape index (κ2) is 6.72. The molecule has 0 spiro atoms. The molecule has 0 aromatic heterocycles. The topological polar surface area (TPSA) is 24.5 Å². The van der Waals surface area contributed by atoms with Gasteiger partial charge in [0.25, 0.3) is 0 Å². The third-order valence-electron chi connectivity index (χ3n) is 4.02. The van der Waals surface area contributed by atoms with Crippen LogP contribution in [0.4, 0.5) is 0 Å². The molecular formula is C16H21ClN2O. The Hall–Kier alpha value is -0.870. The fourth-order valence-corrected chi connectivity index (χ4v) is 3.04. The third kappa shape index (κ3) is 3.41. The standard InChI is InChI=1S/C16H21ClN2O/c17-15-3-1-13(2-4-15)16-5-10-20-12-14(16)11-19-8-6-18-7-9-19/h1-4,18H,5-12H2. The van der Waals surface area contributed by atoms with Gasteiger partial charge in [-0.1, -0.05) is 23.7 Å². The molecule has 20 heavy (non-hydrogen) atoms. The molecule has 0 aliphatic carbocycles. The molecule has 108 valence electrons. The highest BCUT2D eigenvalue weighted by molar-refractivity contribution is 6.30. The van der Waals surface area contributed by atoms with Gasteiger partial charge in [-0.15, -0.1) is 0 Å². The first-order valence-corrected chi connectivity index (χ1v) is 7.68. The summed E-state index contributed by atoms with van der Waals surface area (Å²) in [4.78, 5) is 2.51. The van der Waals surface area contributed by atoms with E-state index in [1.54, 1.807) is 0 Å². The van der Waals surface area contributed by atoms with Gasteiger partial charge in [-0.3, -0.25) is 4.90 Å². The van der Waals surface area contributed by atoms with Crippen LogP contribution in [-0.2, 0) is 4.74 Å². The van der Waals surface area contributed by atoms with Crippen LogP contribution in [-0.4, -0.2) is 50.8 Å². The molecule has 0 unspecified atom stereocenters. The molecule has 0 radical (unpaired) electrons. The molecule has 0 amide bonds. The zero-order chi connectivity index (χ0) is 13.8. The largest absolute Gasteiger partial charge is 0.377 e. The maximum absolute atomic E-state index is 5.99. The molecule has 1 aromatic rings. The van der Waals surface area contributed by atoms with Crippen LogP contribution in [0.25, 0.3) is 5.57 Å². The summed E-state index contributed by atoms with van der Waals surface area (Å²) in [6, 6.07) is 8.20. The number of hydrogen-bond donors (Lipinski definition) is 1. The highest BCUT2D eigenvalue weighted by Crippen LogP contribution is 2.27. The Morgan fingerprint density at radius 2 is 1.90 bits per heavy atom. The normalized spacial score (nSPS) is 21.2. The maximum atomic E-state index is 5.99. The first-order chi connectivity index (χ1) is 9.83. The summed E-state index contributed by atoms with van der Waals surface area (Å²) in [5, 5.41) is 4.19. The predicted octanol–water partition coefficient (Wildman–Crippen LogP) is 2.42. The fraction of sp³-hybridized carbons (Fsp3) is 0.500. The second-order valence-electron chi connectivity index (χ2n) is 5.42. The summed E-state index contributed by atoms with van der Waals surface area (Å²) in [5.74, 6) is 0. The Balaban J connectivity index is 1.80. The van der Waals surface area contributed by atoms with Crippen LogP contribution in [0.3, 0.4) is 0 Å². The van der Waals surface area contributed by atoms with Crippen LogP contribution >= 0.6 is 11.6 Å². The van der Waals surface area contributed by atoms with E-state index in [9.17, 15) is 0 Å². The number of halogens is 1. The van der Waals surface area contributed by atoms with E-state index >= 15 is 0 Å². The average Bonchev–Trinajstić information content (AvgIpc) is 2.50. The lowest BCUT2D eigenvalue weighted by Gasteiger charge is -2.30. The van der Waals surface area contributed by atoms with Crippen molar-refractivity contribution >= 4 is 17.2 Å². The van der Waals surface area contributed by atoms with E-state index in [1.807, 2.05) is 12.1 Å². The third-order valence-corrected chi connectivity index (χ3v) is 4.27. The lowest BCUT2D eigenvalue weighted by atomic mass is 9.95. The van der Waals surface area contributed by atoms with Crippen LogP contribution in [0, 0.1) is 0 Å². The van der Waals surface area contributed by atoms with Gasteiger partial charge in [-0.2, -0.15) is 0 Å². The van der Waals surface area contributed by atoms with E-state index in [0.717, 1.165) is 57.4 Å². The van der Waals surface area contributed by atoms with Crippen molar-refractivity contribution in [2.45, 2.75) is 6.42 Å². The summed E-state index contributed by atoms with van der Waals surface area (Å²) < 4.78 is 5.67. The smallest absolute Gasteiger partial charge is 0.0695 e. The summed E-state index contributed by atoms with van der Waals surface area (Å²) in [5.41, 5.74) is 4.18.